The van der Waals surface area contributed by atoms with Crippen molar-refractivity contribution in [2.24, 2.45) is 0 Å². The van der Waals surface area contributed by atoms with Crippen LogP contribution in [0.15, 0.2) is 17.0 Å². The largest absolute Gasteiger partial charge is 0.363 e. The van der Waals surface area contributed by atoms with Crippen molar-refractivity contribution in [3.05, 3.63) is 23.3 Å². The van der Waals surface area contributed by atoms with Crippen molar-refractivity contribution in [3.8, 4) is 0 Å². The molecule has 1 spiro atoms. The fourth-order valence-electron chi connectivity index (χ4n) is 4.58. The van der Waals surface area contributed by atoms with E-state index in [1.165, 1.54) is 0 Å². The van der Waals surface area contributed by atoms with E-state index in [1.807, 2.05) is 16.7 Å². The van der Waals surface area contributed by atoms with Crippen LogP contribution in [0.2, 0.25) is 0 Å². The molecule has 0 bridgehead atoms. The molecule has 1 amide bonds. The molecule has 1 aromatic rings. The lowest BCUT2D eigenvalue weighted by atomic mass is 10.00. The molecule has 26 heavy (non-hydrogen) atoms. The zero-order valence-electron chi connectivity index (χ0n) is 14.6. The number of aryl methyl sites for hydroxylation is 1. The summed E-state index contributed by atoms with van der Waals surface area (Å²) in [4.78, 5) is 14.1. The molecule has 4 aliphatic heterocycles. The number of carbonyl (C=O) groups is 1. The van der Waals surface area contributed by atoms with Gasteiger partial charge in [0.25, 0.3) is 0 Å². The minimum atomic E-state index is -3.50. The molecule has 0 N–H and O–H groups in total. The first-order chi connectivity index (χ1) is 12.5. The molecule has 2 saturated heterocycles. The molecular weight excluding hydrogens is 372 g/mol. The van der Waals surface area contributed by atoms with Crippen LogP contribution in [0.1, 0.15) is 30.4 Å². The van der Waals surface area contributed by atoms with Crippen LogP contribution < -0.4 is 4.90 Å². The van der Waals surface area contributed by atoms with E-state index in [9.17, 15) is 13.2 Å². The Morgan fingerprint density at radius 2 is 1.77 bits per heavy atom. The van der Waals surface area contributed by atoms with Crippen molar-refractivity contribution in [2.75, 3.05) is 36.9 Å². The van der Waals surface area contributed by atoms with E-state index in [0.29, 0.717) is 37.4 Å². The fourth-order valence-corrected chi connectivity index (χ4v) is 7.30. The fraction of sp³-hybridized carbons (Fsp3) is 0.611. The van der Waals surface area contributed by atoms with Gasteiger partial charge in [0.2, 0.25) is 15.9 Å². The highest BCUT2D eigenvalue weighted by atomic mass is 32.2. The molecule has 0 aliphatic carbocycles. The predicted molar refractivity (Wildman–Crippen MR) is 100.0 cm³/mol. The van der Waals surface area contributed by atoms with E-state index < -0.39 is 10.0 Å². The maximum atomic E-state index is 13.2. The number of hydrogen-bond donors (Lipinski definition) is 0. The summed E-state index contributed by atoms with van der Waals surface area (Å²) in [7, 11) is -3.50. The quantitative estimate of drug-likeness (QED) is 0.765. The van der Waals surface area contributed by atoms with E-state index in [1.54, 1.807) is 16.4 Å². The summed E-state index contributed by atoms with van der Waals surface area (Å²) in [6.45, 7) is 2.45. The Hall–Kier alpha value is -1.09. The number of sulfonamides is 1. The average molecular weight is 395 g/mol. The third-order valence-electron chi connectivity index (χ3n) is 5.96. The van der Waals surface area contributed by atoms with Gasteiger partial charge in [0.15, 0.2) is 0 Å². The molecule has 6 nitrogen and oxygen atoms in total. The van der Waals surface area contributed by atoms with Crippen LogP contribution in [-0.4, -0.2) is 55.6 Å². The second kappa shape index (κ2) is 5.95. The molecule has 4 heterocycles. The Balaban J connectivity index is 1.44. The van der Waals surface area contributed by atoms with Gasteiger partial charge in [-0.1, -0.05) is 0 Å². The van der Waals surface area contributed by atoms with E-state index in [-0.39, 0.29) is 10.8 Å². The smallest absolute Gasteiger partial charge is 0.243 e. The van der Waals surface area contributed by atoms with Crippen LogP contribution in [0.4, 0.5) is 5.69 Å². The standard InChI is InChI=1S/C18H22N2O4S2/c21-16-2-1-13-11-15(12-14-3-6-20(16)17(13)14)26(22,23)19-7-4-18(5-8-19)24-9-10-25-18/h11-12H,1-10H2. The van der Waals surface area contributed by atoms with Gasteiger partial charge in [0.1, 0.15) is 4.93 Å². The number of piperidine rings is 1. The normalized spacial score (nSPS) is 25.1. The summed E-state index contributed by atoms with van der Waals surface area (Å²) in [5, 5.41) is 0. The molecule has 5 rings (SSSR count). The molecule has 0 aromatic heterocycles. The van der Waals surface area contributed by atoms with Crippen molar-refractivity contribution in [1.29, 1.82) is 0 Å². The molecule has 140 valence electrons. The molecule has 4 aliphatic rings. The summed E-state index contributed by atoms with van der Waals surface area (Å²) in [5.74, 6) is 1.15. The maximum Gasteiger partial charge on any atom is 0.243 e. The Labute approximate surface area is 157 Å². The first kappa shape index (κ1) is 17.0. The number of ether oxygens (including phenoxy) is 1. The number of hydrogen-bond acceptors (Lipinski definition) is 5. The van der Waals surface area contributed by atoms with Crippen LogP contribution in [0, 0.1) is 0 Å². The Morgan fingerprint density at radius 1 is 1.04 bits per heavy atom. The molecule has 1 aromatic carbocycles. The maximum absolute atomic E-state index is 13.2. The highest BCUT2D eigenvalue weighted by Crippen LogP contribution is 2.43. The van der Waals surface area contributed by atoms with Gasteiger partial charge < -0.3 is 9.64 Å². The van der Waals surface area contributed by atoms with Crippen LogP contribution in [0.5, 0.6) is 0 Å². The lowest BCUT2D eigenvalue weighted by Crippen LogP contribution is -2.45. The summed E-state index contributed by atoms with van der Waals surface area (Å²) in [6.07, 6.45) is 3.34. The van der Waals surface area contributed by atoms with Gasteiger partial charge in [0, 0.05) is 31.8 Å². The number of amides is 1. The first-order valence-corrected chi connectivity index (χ1v) is 11.7. The highest BCUT2D eigenvalue weighted by molar-refractivity contribution is 8.00. The van der Waals surface area contributed by atoms with Gasteiger partial charge >= 0.3 is 0 Å². The number of nitrogens with zero attached hydrogens (tertiary/aromatic N) is 2. The molecule has 8 heteroatoms. The number of benzene rings is 1. The van der Waals surface area contributed by atoms with Gasteiger partial charge in [-0.15, -0.1) is 11.8 Å². The summed E-state index contributed by atoms with van der Waals surface area (Å²) in [5.41, 5.74) is 2.96. The summed E-state index contributed by atoms with van der Waals surface area (Å²) >= 11 is 1.82. The van der Waals surface area contributed by atoms with Crippen molar-refractivity contribution in [1.82, 2.24) is 4.31 Å². The topological polar surface area (TPSA) is 66.9 Å². The van der Waals surface area contributed by atoms with Crippen molar-refractivity contribution >= 4 is 33.4 Å². The summed E-state index contributed by atoms with van der Waals surface area (Å²) < 4.78 is 33.9. The molecule has 0 unspecified atom stereocenters. The minimum Gasteiger partial charge on any atom is -0.363 e. The van der Waals surface area contributed by atoms with Crippen LogP contribution in [0.25, 0.3) is 0 Å². The second-order valence-corrected chi connectivity index (χ2v) is 10.8. The Bertz CT molecular complexity index is 867. The van der Waals surface area contributed by atoms with Crippen LogP contribution in [0.3, 0.4) is 0 Å². The SMILES string of the molecule is O=C1CCc2cc(S(=O)(=O)N3CCC4(CC3)OCCS4)cc3c2N1CC3. The van der Waals surface area contributed by atoms with Gasteiger partial charge in [0.05, 0.1) is 17.2 Å². The Kier molecular flexibility index (Phi) is 3.90. The van der Waals surface area contributed by atoms with Gasteiger partial charge in [-0.2, -0.15) is 4.31 Å². The van der Waals surface area contributed by atoms with Gasteiger partial charge in [-0.05, 0) is 48.9 Å². The monoisotopic (exact) mass is 394 g/mol. The van der Waals surface area contributed by atoms with E-state index in [0.717, 1.165) is 48.4 Å². The number of carbonyl (C=O) groups excluding carboxylic acids is 1. The van der Waals surface area contributed by atoms with Crippen LogP contribution >= 0.6 is 11.8 Å². The predicted octanol–water partition coefficient (Wildman–Crippen LogP) is 1.77. The Morgan fingerprint density at radius 3 is 2.46 bits per heavy atom. The lowest BCUT2D eigenvalue weighted by Gasteiger charge is -2.37. The third-order valence-corrected chi connectivity index (χ3v) is 9.26. The molecule has 0 atom stereocenters. The number of anilines is 1. The van der Waals surface area contributed by atoms with Crippen molar-refractivity contribution < 1.29 is 17.9 Å². The lowest BCUT2D eigenvalue weighted by molar-refractivity contribution is -0.118. The number of rotatable bonds is 2. The number of thioether (sulfide) groups is 1. The van der Waals surface area contributed by atoms with E-state index in [2.05, 4.69) is 0 Å². The molecule has 0 saturated carbocycles. The van der Waals surface area contributed by atoms with Crippen LogP contribution in [-0.2, 0) is 32.4 Å². The minimum absolute atomic E-state index is 0.155. The van der Waals surface area contributed by atoms with Crippen molar-refractivity contribution in [2.45, 2.75) is 41.9 Å². The molecule has 2 fully saturated rings. The van der Waals surface area contributed by atoms with Crippen molar-refractivity contribution in [3.63, 3.8) is 0 Å². The third kappa shape index (κ3) is 2.53. The van der Waals surface area contributed by atoms with E-state index >= 15 is 0 Å². The summed E-state index contributed by atoms with van der Waals surface area (Å²) in [6, 6.07) is 3.59. The average Bonchev–Trinajstić information content (AvgIpc) is 3.27. The zero-order chi connectivity index (χ0) is 17.9. The molecular formula is C18H22N2O4S2. The van der Waals surface area contributed by atoms with Gasteiger partial charge in [-0.25, -0.2) is 8.42 Å². The molecule has 0 radical (unpaired) electrons. The van der Waals surface area contributed by atoms with Gasteiger partial charge in [-0.3, -0.25) is 4.79 Å². The second-order valence-electron chi connectivity index (χ2n) is 7.40. The first-order valence-electron chi connectivity index (χ1n) is 9.23. The highest BCUT2D eigenvalue weighted by Gasteiger charge is 2.42. The van der Waals surface area contributed by atoms with E-state index in [4.69, 9.17) is 4.74 Å². The zero-order valence-corrected chi connectivity index (χ0v) is 16.2.